The van der Waals surface area contributed by atoms with Crippen molar-refractivity contribution in [2.75, 3.05) is 7.11 Å². The number of fused-ring (bicyclic) bond motifs is 1. The van der Waals surface area contributed by atoms with Crippen LogP contribution >= 0.6 is 0 Å². The lowest BCUT2D eigenvalue weighted by Gasteiger charge is -2.24. The molecule has 0 fully saturated rings. The van der Waals surface area contributed by atoms with Crippen LogP contribution in [0.2, 0.25) is 0 Å². The van der Waals surface area contributed by atoms with Gasteiger partial charge in [0.15, 0.2) is 18.0 Å². The fraction of sp³-hybridized carbons (Fsp3) is 0.150. The summed E-state index contributed by atoms with van der Waals surface area (Å²) in [7, 11) is 1.66. The van der Waals surface area contributed by atoms with Crippen LogP contribution in [0.5, 0.6) is 0 Å². The molecule has 5 nitrogen and oxygen atoms in total. The molecular formula is C20H19N2O3+. The van der Waals surface area contributed by atoms with Gasteiger partial charge in [0.1, 0.15) is 12.4 Å². The summed E-state index contributed by atoms with van der Waals surface area (Å²) >= 11 is 0. The lowest BCUT2D eigenvalue weighted by Crippen LogP contribution is -2.40. The zero-order chi connectivity index (χ0) is 17.3. The molecule has 1 aliphatic rings. The first kappa shape index (κ1) is 15.8. The fourth-order valence-electron chi connectivity index (χ4n) is 3.18. The summed E-state index contributed by atoms with van der Waals surface area (Å²) in [5, 5.41) is 14.1. The molecule has 0 amide bonds. The molecule has 2 heterocycles. The van der Waals surface area contributed by atoms with E-state index in [1.165, 1.54) is 0 Å². The highest BCUT2D eigenvalue weighted by Gasteiger charge is 2.44. The zero-order valence-electron chi connectivity index (χ0n) is 13.9. The van der Waals surface area contributed by atoms with E-state index >= 15 is 0 Å². The van der Waals surface area contributed by atoms with Crippen molar-refractivity contribution in [1.82, 2.24) is 4.76 Å². The third kappa shape index (κ3) is 2.68. The summed E-state index contributed by atoms with van der Waals surface area (Å²) in [6.45, 7) is 0.439. The van der Waals surface area contributed by atoms with Gasteiger partial charge in [-0.25, -0.2) is 0 Å². The zero-order valence-corrected chi connectivity index (χ0v) is 13.9. The van der Waals surface area contributed by atoms with Gasteiger partial charge in [0.25, 0.3) is 0 Å². The van der Waals surface area contributed by atoms with Crippen LogP contribution < -0.4 is 4.76 Å². The molecule has 1 atom stereocenters. The van der Waals surface area contributed by atoms with Crippen molar-refractivity contribution < 1.29 is 14.4 Å². The summed E-state index contributed by atoms with van der Waals surface area (Å²) < 4.78 is 5.73. The maximum Gasteiger partial charge on any atom is 0.203 e. The Labute approximate surface area is 145 Å². The van der Waals surface area contributed by atoms with Crippen molar-refractivity contribution in [2.45, 2.75) is 13.2 Å². The maximum atomic E-state index is 9.27. The molecule has 1 aromatic heterocycles. The standard InChI is InChI=1S/C20H19N2O3/c1-24-22(13-15-7-3-2-4-8-15)18-10-6-5-9-17(18)20(21-22)19-12-11-16(14-23)25-19/h2-12,23H,13-14H2,1H3/q+1. The Morgan fingerprint density at radius 2 is 1.76 bits per heavy atom. The Morgan fingerprint density at radius 3 is 2.48 bits per heavy atom. The summed E-state index contributed by atoms with van der Waals surface area (Å²) in [5.74, 6) is 1.14. The molecule has 3 aromatic rings. The average Bonchev–Trinajstić information content (AvgIpc) is 3.26. The van der Waals surface area contributed by atoms with Gasteiger partial charge in [0.2, 0.25) is 5.69 Å². The lowest BCUT2D eigenvalue weighted by molar-refractivity contribution is -0.124. The molecule has 1 unspecified atom stereocenters. The highest BCUT2D eigenvalue weighted by molar-refractivity contribution is 6.16. The summed E-state index contributed by atoms with van der Waals surface area (Å²) in [6, 6.07) is 21.7. The van der Waals surface area contributed by atoms with Crippen LogP contribution in [0.15, 0.2) is 76.2 Å². The molecule has 0 saturated heterocycles. The summed E-state index contributed by atoms with van der Waals surface area (Å²) in [5.41, 5.74) is 3.79. The van der Waals surface area contributed by atoms with Gasteiger partial charge in [-0.1, -0.05) is 42.5 Å². The Kier molecular flexibility index (Phi) is 3.97. The van der Waals surface area contributed by atoms with Crippen molar-refractivity contribution in [3.05, 3.63) is 89.4 Å². The molecule has 0 saturated carbocycles. The molecule has 25 heavy (non-hydrogen) atoms. The second-order valence-electron chi connectivity index (χ2n) is 5.92. The van der Waals surface area contributed by atoms with Gasteiger partial charge >= 0.3 is 0 Å². The number of furan rings is 1. The first-order valence-corrected chi connectivity index (χ1v) is 8.13. The minimum absolute atomic E-state index is 0.0185. The van der Waals surface area contributed by atoms with Crippen LogP contribution in [0.1, 0.15) is 22.6 Å². The van der Waals surface area contributed by atoms with Crippen LogP contribution in [0.25, 0.3) is 0 Å². The number of benzene rings is 2. The second-order valence-corrected chi connectivity index (χ2v) is 5.92. The fourth-order valence-corrected chi connectivity index (χ4v) is 3.18. The molecular weight excluding hydrogens is 316 g/mol. The van der Waals surface area contributed by atoms with Crippen LogP contribution in [0, 0.1) is 0 Å². The number of quaternary nitrogens is 1. The third-order valence-corrected chi connectivity index (χ3v) is 4.39. The van der Waals surface area contributed by atoms with Gasteiger partial charge in [0, 0.05) is 11.6 Å². The highest BCUT2D eigenvalue weighted by atomic mass is 16.7. The molecule has 2 aromatic carbocycles. The maximum absolute atomic E-state index is 9.27. The van der Waals surface area contributed by atoms with Crippen LogP contribution in [-0.2, 0) is 18.0 Å². The number of aliphatic hydroxyl groups is 1. The Morgan fingerprint density at radius 1 is 1.00 bits per heavy atom. The topological polar surface area (TPSA) is 55.0 Å². The van der Waals surface area contributed by atoms with Gasteiger partial charge in [0.05, 0.1) is 12.7 Å². The van der Waals surface area contributed by atoms with Crippen LogP contribution in [-0.4, -0.2) is 17.9 Å². The molecule has 0 spiro atoms. The number of hydroxylamine groups is 1. The number of para-hydroxylation sites is 1. The van der Waals surface area contributed by atoms with E-state index in [2.05, 4.69) is 12.1 Å². The van der Waals surface area contributed by atoms with E-state index in [-0.39, 0.29) is 11.4 Å². The monoisotopic (exact) mass is 335 g/mol. The van der Waals surface area contributed by atoms with E-state index in [1.807, 2.05) is 48.5 Å². The summed E-state index contributed by atoms with van der Waals surface area (Å²) in [4.78, 5) is 5.87. The van der Waals surface area contributed by atoms with Crippen LogP contribution in [0.4, 0.5) is 5.69 Å². The molecule has 126 valence electrons. The first-order valence-electron chi connectivity index (χ1n) is 8.13. The number of rotatable bonds is 5. The van der Waals surface area contributed by atoms with Gasteiger partial charge in [-0.05, 0) is 28.1 Å². The van der Waals surface area contributed by atoms with E-state index < -0.39 is 0 Å². The Hall–Kier alpha value is -2.73. The quantitative estimate of drug-likeness (QED) is 0.725. The predicted molar refractivity (Wildman–Crippen MR) is 95.7 cm³/mol. The molecule has 5 heteroatoms. The minimum Gasteiger partial charge on any atom is -0.457 e. The SMILES string of the molecule is CO[N+]1(Cc2ccccc2)N=C(c2ccc(CO)o2)c2ccccc21. The van der Waals surface area contributed by atoms with Gasteiger partial charge in [-0.3, -0.25) is 0 Å². The van der Waals surface area contributed by atoms with Gasteiger partial charge < -0.3 is 9.52 Å². The highest BCUT2D eigenvalue weighted by Crippen LogP contribution is 2.38. The van der Waals surface area contributed by atoms with Crippen molar-refractivity contribution in [1.29, 1.82) is 0 Å². The number of hydrogen-bond donors (Lipinski definition) is 1. The van der Waals surface area contributed by atoms with Crippen molar-refractivity contribution in [3.8, 4) is 0 Å². The van der Waals surface area contributed by atoms with E-state index in [0.29, 0.717) is 18.1 Å². The number of nitrogens with zero attached hydrogens (tertiary/aromatic N) is 2. The normalized spacial score (nSPS) is 18.9. The molecule has 0 bridgehead atoms. The first-order chi connectivity index (χ1) is 12.3. The van der Waals surface area contributed by atoms with Crippen molar-refractivity contribution >= 4 is 11.4 Å². The number of aliphatic hydroxyl groups excluding tert-OH is 1. The Bertz CT molecular complexity index is 917. The molecule has 0 aliphatic carbocycles. The largest absolute Gasteiger partial charge is 0.457 e. The van der Waals surface area contributed by atoms with Crippen LogP contribution in [0.3, 0.4) is 0 Å². The van der Waals surface area contributed by atoms with E-state index in [4.69, 9.17) is 14.4 Å². The van der Waals surface area contributed by atoms with Gasteiger partial charge in [-0.2, -0.15) is 4.84 Å². The molecule has 1 N–H and O–H groups in total. The summed E-state index contributed by atoms with van der Waals surface area (Å²) in [6.07, 6.45) is 0. The van der Waals surface area contributed by atoms with E-state index in [9.17, 15) is 5.11 Å². The lowest BCUT2D eigenvalue weighted by atomic mass is 10.1. The number of hydrogen-bond acceptors (Lipinski definition) is 4. The minimum atomic E-state index is -0.136. The smallest absolute Gasteiger partial charge is 0.203 e. The second kappa shape index (κ2) is 6.29. The molecule has 0 radical (unpaired) electrons. The van der Waals surface area contributed by atoms with E-state index in [1.54, 1.807) is 13.2 Å². The van der Waals surface area contributed by atoms with Gasteiger partial charge in [-0.15, -0.1) is 0 Å². The third-order valence-electron chi connectivity index (χ3n) is 4.39. The average molecular weight is 335 g/mol. The molecule has 4 rings (SSSR count). The predicted octanol–water partition coefficient (Wildman–Crippen LogP) is 3.61. The van der Waals surface area contributed by atoms with Crippen molar-refractivity contribution in [3.63, 3.8) is 0 Å². The Balaban J connectivity index is 1.83. The van der Waals surface area contributed by atoms with E-state index in [0.717, 1.165) is 22.5 Å². The molecule has 1 aliphatic heterocycles. The van der Waals surface area contributed by atoms with Crippen molar-refractivity contribution in [2.24, 2.45) is 5.10 Å².